The first kappa shape index (κ1) is 21.2. The van der Waals surface area contributed by atoms with E-state index in [1.807, 2.05) is 6.92 Å². The van der Waals surface area contributed by atoms with Crippen molar-refractivity contribution in [2.75, 3.05) is 19.8 Å². The first-order chi connectivity index (χ1) is 10.6. The van der Waals surface area contributed by atoms with E-state index in [9.17, 15) is 9.90 Å². The summed E-state index contributed by atoms with van der Waals surface area (Å²) in [7, 11) is 0. The van der Waals surface area contributed by atoms with Crippen molar-refractivity contribution in [1.29, 1.82) is 0 Å². The zero-order valence-corrected chi connectivity index (χ0v) is 22.6. The number of aliphatic hydroxyl groups excluding tert-OH is 1. The molecule has 2 aromatic heterocycles. The van der Waals surface area contributed by atoms with Crippen LogP contribution in [0.5, 0.6) is 0 Å². The van der Waals surface area contributed by atoms with E-state index < -0.39 is 17.4 Å². The van der Waals surface area contributed by atoms with Gasteiger partial charge in [-0.1, -0.05) is 6.92 Å². The Hall–Kier alpha value is 0.913. The Morgan fingerprint density at radius 2 is 2.29 bits per heavy atom. The van der Waals surface area contributed by atoms with Crippen molar-refractivity contribution in [2.24, 2.45) is 11.8 Å². The average Bonchev–Trinajstić information content (AvgIpc) is 2.94. The maximum atomic E-state index is 12.1. The third-order valence-electron chi connectivity index (χ3n) is 4.83. The number of rotatable bonds is 2. The van der Waals surface area contributed by atoms with E-state index in [2.05, 4.69) is 15.0 Å². The average molecular weight is 760 g/mol. The largest absolute Gasteiger partial charge is 0.411 e. The van der Waals surface area contributed by atoms with Crippen LogP contribution in [0, 0.1) is 100.0 Å². The van der Waals surface area contributed by atoms with Gasteiger partial charge in [0.15, 0.2) is 0 Å². The number of hydrogen-bond donors (Lipinski definition) is 2. The van der Waals surface area contributed by atoms with E-state index in [4.69, 9.17) is 15.2 Å². The smallest absolute Gasteiger partial charge is 0.221 e. The van der Waals surface area contributed by atoms with Crippen molar-refractivity contribution in [3.63, 3.8) is 0 Å². The van der Waals surface area contributed by atoms with E-state index in [1.54, 1.807) is 4.57 Å². The van der Waals surface area contributed by atoms with Gasteiger partial charge in [0.05, 0.1) is 26.1 Å². The second-order valence-corrected chi connectivity index (χ2v) is 5.94. The van der Waals surface area contributed by atoms with Crippen molar-refractivity contribution >= 4 is 17.1 Å². The fourth-order valence-electron chi connectivity index (χ4n) is 3.47. The van der Waals surface area contributed by atoms with Gasteiger partial charge in [-0.3, -0.25) is 9.36 Å². The van der Waals surface area contributed by atoms with E-state index in [1.165, 1.54) is 6.33 Å². The van der Waals surface area contributed by atoms with E-state index in [-0.39, 0.29) is 124 Å². The third kappa shape index (κ3) is 3.17. The Balaban J connectivity index is 0.00000104. The van der Waals surface area contributed by atoms with Gasteiger partial charge in [0.2, 0.25) is 5.56 Å². The number of aliphatic hydroxyl groups is 1. The summed E-state index contributed by atoms with van der Waals surface area (Å²) in [4.78, 5) is 22.5. The van der Waals surface area contributed by atoms with Crippen LogP contribution < -0.4 is 5.56 Å². The number of fused-ring (bicyclic) bond motifs is 3. The zero-order valence-electron chi connectivity index (χ0n) is 13.1. The molecule has 0 saturated carbocycles. The van der Waals surface area contributed by atoms with Crippen molar-refractivity contribution in [3.05, 3.63) is 22.4 Å². The Bertz CT molecular complexity index is 796. The molecule has 2 saturated heterocycles. The summed E-state index contributed by atoms with van der Waals surface area (Å²) < 4.78 is 13.3. The normalized spacial score (nSPS) is 31.5. The Morgan fingerprint density at radius 1 is 1.54 bits per heavy atom. The molecule has 24 heavy (non-hydrogen) atoms. The van der Waals surface area contributed by atoms with Crippen LogP contribution in [0.3, 0.4) is 0 Å². The molecule has 3 N–H and O–H groups in total. The van der Waals surface area contributed by atoms with E-state index in [0.29, 0.717) is 13.2 Å². The van der Waals surface area contributed by atoms with Crippen LogP contribution in [0.25, 0.3) is 16.9 Å². The molecule has 2 bridgehead atoms. The van der Waals surface area contributed by atoms with Crippen LogP contribution in [0.4, 0.5) is 5.95 Å². The molecule has 2 fully saturated rings. The molecular weight excluding hydrogens is 744 g/mol. The fraction of sp³-hybridized carbons (Fsp3) is 0.615. The molecule has 4 rings (SSSR count). The molecule has 2 aromatic rings. The first-order valence-electron chi connectivity index (χ1n) is 7.10. The van der Waals surface area contributed by atoms with Gasteiger partial charge in [-0.05, 0) is 5.92 Å². The molecule has 0 spiro atoms. The van der Waals surface area contributed by atoms with E-state index >= 15 is 0 Å². The number of H-pyrrole nitrogens is 1. The van der Waals surface area contributed by atoms with Crippen molar-refractivity contribution < 1.29 is 103 Å². The van der Waals surface area contributed by atoms with Crippen LogP contribution in [0.2, 0.25) is 0 Å². The van der Waals surface area contributed by atoms with Gasteiger partial charge in [-0.2, -0.15) is 0 Å². The first-order valence-corrected chi connectivity index (χ1v) is 7.10. The summed E-state index contributed by atoms with van der Waals surface area (Å²) in [5.74, 6) is -0.123. The molecule has 124 valence electrons. The third-order valence-corrected chi connectivity index (χ3v) is 4.83. The van der Waals surface area contributed by atoms with Crippen molar-refractivity contribution in [1.82, 2.24) is 19.5 Å². The molecule has 2 radical (unpaired) electrons. The number of nitrogens with one attached hydrogen (secondary N) is 2. The molecule has 0 aromatic carbocycles. The van der Waals surface area contributed by atoms with Gasteiger partial charge in [0.1, 0.15) is 23.0 Å². The molecule has 1 unspecified atom stereocenters. The van der Waals surface area contributed by atoms with Gasteiger partial charge < -0.3 is 30.3 Å². The summed E-state index contributed by atoms with van der Waals surface area (Å²) in [6, 6.07) is 0. The van der Waals surface area contributed by atoms with Crippen molar-refractivity contribution in [3.8, 4) is 0 Å². The number of nitrogens with zero attached hydrogens (tertiary/aromatic N) is 3. The Kier molecular flexibility index (Phi) is 6.97. The number of hydrogen-bond acceptors (Lipinski definition) is 6. The maximum Gasteiger partial charge on any atom is 0.221 e. The number of aromatic nitrogens is 4. The topological polar surface area (TPSA) is 126 Å². The molecule has 11 heteroatoms. The molecule has 0 amide bonds. The van der Waals surface area contributed by atoms with E-state index in [0.717, 1.165) is 0 Å². The maximum absolute atomic E-state index is 12.1. The summed E-state index contributed by atoms with van der Waals surface area (Å²) in [6.45, 7) is 2.71. The fourth-order valence-corrected chi connectivity index (χ4v) is 3.47. The van der Waals surface area contributed by atoms with Crippen LogP contribution in [0.15, 0.2) is 11.1 Å². The number of ether oxygens (including phenoxy) is 2. The minimum Gasteiger partial charge on any atom is -0.411 e. The number of aromatic amines is 1. The molecule has 0 aliphatic carbocycles. The standard InChI is InChI=1S/C13H17N5O4.2Ac/c1-6-7-2-21-4-13(6,3-19)22-11(7)18-5-15-9-8(18)10(20)17-12(14)16-9;;/h5-7,11,19H,2-4H2,1H3,(H3,14,16,17,20);;/p-1/t6-,7?,11-,13+;;/m1../s1. The van der Waals surface area contributed by atoms with Gasteiger partial charge in [-0.15, -0.1) is 0 Å². The molecular formula is C13H16Ac2N5O4-. The SMILES string of the molecule is C[C@@H]1C2COC[C@]1(CO)O[C@H]2n1cnc2nc([NH-])[nH]c(=O)c21.[Ac].[Ac]. The summed E-state index contributed by atoms with van der Waals surface area (Å²) >= 11 is 0. The summed E-state index contributed by atoms with van der Waals surface area (Å²) in [6.07, 6.45) is 1.05. The van der Waals surface area contributed by atoms with Crippen molar-refractivity contribution in [2.45, 2.75) is 18.8 Å². The number of imidazole rings is 1. The van der Waals surface area contributed by atoms with Crippen LogP contribution in [-0.4, -0.2) is 50.0 Å². The molecule has 4 heterocycles. The van der Waals surface area contributed by atoms with Gasteiger partial charge in [0, 0.05) is 100.0 Å². The summed E-state index contributed by atoms with van der Waals surface area (Å²) in [5.41, 5.74) is 6.76. The van der Waals surface area contributed by atoms with Gasteiger partial charge >= 0.3 is 0 Å². The minimum atomic E-state index is -0.750. The Labute approximate surface area is 209 Å². The monoisotopic (exact) mass is 760 g/mol. The molecule has 2 aliphatic heterocycles. The summed E-state index contributed by atoms with van der Waals surface area (Å²) in [5, 5.41) is 9.72. The minimum absolute atomic E-state index is 0. The molecule has 4 atom stereocenters. The van der Waals surface area contributed by atoms with Gasteiger partial charge in [-0.25, -0.2) is 4.98 Å². The molecule has 9 nitrogen and oxygen atoms in total. The predicted molar refractivity (Wildman–Crippen MR) is 75.5 cm³/mol. The zero-order chi connectivity index (χ0) is 15.5. The van der Waals surface area contributed by atoms with Crippen LogP contribution >= 0.6 is 0 Å². The quantitative estimate of drug-likeness (QED) is 0.456. The second kappa shape index (κ2) is 7.88. The van der Waals surface area contributed by atoms with Crippen LogP contribution in [0.1, 0.15) is 13.2 Å². The predicted octanol–water partition coefficient (Wildman–Crippen LogP) is 0.346. The Morgan fingerprint density at radius 3 is 2.96 bits per heavy atom. The second-order valence-electron chi connectivity index (χ2n) is 5.94. The molecule has 2 aliphatic rings. The van der Waals surface area contributed by atoms with Crippen LogP contribution in [-0.2, 0) is 9.47 Å². The van der Waals surface area contributed by atoms with Gasteiger partial charge in [0.25, 0.3) is 0 Å².